The van der Waals surface area contributed by atoms with Gasteiger partial charge in [-0.05, 0) is 62.2 Å². The van der Waals surface area contributed by atoms with E-state index in [0.29, 0.717) is 16.6 Å². The molecule has 0 spiro atoms. The highest BCUT2D eigenvalue weighted by molar-refractivity contribution is 7.92. The molecule has 2 aromatic rings. The number of nitrogens with zero attached hydrogens (tertiary/aromatic N) is 2. The van der Waals surface area contributed by atoms with Gasteiger partial charge in [-0.25, -0.2) is 8.42 Å². The molecule has 0 aliphatic carbocycles. The fourth-order valence-electron chi connectivity index (χ4n) is 4.05. The minimum Gasteiger partial charge on any atom is -0.350 e. The zero-order valence-corrected chi connectivity index (χ0v) is 20.7. The number of amides is 1. The van der Waals surface area contributed by atoms with Crippen molar-refractivity contribution in [1.82, 2.24) is 10.2 Å². The summed E-state index contributed by atoms with van der Waals surface area (Å²) in [5.41, 5.74) is 2.44. The third kappa shape index (κ3) is 6.61. The van der Waals surface area contributed by atoms with E-state index in [0.717, 1.165) is 35.8 Å². The summed E-state index contributed by atoms with van der Waals surface area (Å²) in [5, 5.41) is 3.48. The second kappa shape index (κ2) is 10.9. The lowest BCUT2D eigenvalue weighted by Crippen LogP contribution is -2.47. The molecule has 1 saturated heterocycles. The molecule has 6 nitrogen and oxygen atoms in total. The van der Waals surface area contributed by atoms with Crippen LogP contribution in [0.1, 0.15) is 37.3 Å². The summed E-state index contributed by atoms with van der Waals surface area (Å²) in [4.78, 5) is 15.4. The van der Waals surface area contributed by atoms with Gasteiger partial charge in [0.25, 0.3) is 0 Å². The predicted molar refractivity (Wildman–Crippen MR) is 131 cm³/mol. The van der Waals surface area contributed by atoms with Gasteiger partial charge in [-0.2, -0.15) is 0 Å². The van der Waals surface area contributed by atoms with Crippen molar-refractivity contribution in [2.24, 2.45) is 0 Å². The number of carbonyl (C=O) groups excluding carboxylic acids is 1. The zero-order chi connectivity index (χ0) is 23.3. The van der Waals surface area contributed by atoms with Crippen molar-refractivity contribution >= 4 is 44.8 Å². The van der Waals surface area contributed by atoms with Gasteiger partial charge in [0.05, 0.1) is 11.9 Å². The molecule has 1 heterocycles. The van der Waals surface area contributed by atoms with E-state index in [-0.39, 0.29) is 5.69 Å². The summed E-state index contributed by atoms with van der Waals surface area (Å²) in [7, 11) is -3.76. The Kier molecular flexibility index (Phi) is 8.44. The van der Waals surface area contributed by atoms with Crippen molar-refractivity contribution in [3.63, 3.8) is 0 Å². The van der Waals surface area contributed by atoms with E-state index in [1.807, 2.05) is 18.2 Å². The van der Waals surface area contributed by atoms with Gasteiger partial charge in [-0.15, -0.1) is 0 Å². The average molecular weight is 498 g/mol. The van der Waals surface area contributed by atoms with Crippen molar-refractivity contribution in [1.29, 1.82) is 0 Å². The second-order valence-corrected chi connectivity index (χ2v) is 10.9. The molecule has 9 heteroatoms. The number of nitrogens with one attached hydrogen (secondary N) is 1. The van der Waals surface area contributed by atoms with Gasteiger partial charge in [0.15, 0.2) is 0 Å². The molecule has 1 amide bonds. The molecule has 1 N–H and O–H groups in total. The standard InChI is InChI=1S/C23H29Cl2N3O3S/c1-17(28(32(2,30)31)22-13-20(24)12-21(25)14-22)23(29)26-15-18-8-4-5-9-19(18)16-27-10-6-3-7-11-27/h4-5,8-9,12-14,17H,3,6-7,10-11,15-16H2,1-2H3,(H,26,29)/t17-/m1/s1. The molecule has 174 valence electrons. The summed E-state index contributed by atoms with van der Waals surface area (Å²) in [6.07, 6.45) is 4.76. The van der Waals surface area contributed by atoms with E-state index in [1.54, 1.807) is 6.92 Å². The Hall–Kier alpha value is -1.80. The van der Waals surface area contributed by atoms with Crippen molar-refractivity contribution in [3.8, 4) is 0 Å². The van der Waals surface area contributed by atoms with E-state index in [9.17, 15) is 13.2 Å². The Bertz CT molecular complexity index is 1040. The molecule has 0 aromatic heterocycles. The normalized spacial score (nSPS) is 15.9. The molecule has 0 radical (unpaired) electrons. The molecular weight excluding hydrogens is 469 g/mol. The van der Waals surface area contributed by atoms with Crippen LogP contribution in [-0.2, 0) is 27.9 Å². The van der Waals surface area contributed by atoms with Crippen molar-refractivity contribution in [2.75, 3.05) is 23.7 Å². The highest BCUT2D eigenvalue weighted by Crippen LogP contribution is 2.28. The van der Waals surface area contributed by atoms with Gasteiger partial charge in [-0.1, -0.05) is 53.9 Å². The van der Waals surface area contributed by atoms with Crippen molar-refractivity contribution < 1.29 is 13.2 Å². The van der Waals surface area contributed by atoms with E-state index in [4.69, 9.17) is 23.2 Å². The molecule has 2 aromatic carbocycles. The number of piperidine rings is 1. The number of halogens is 2. The predicted octanol–water partition coefficient (Wildman–Crippen LogP) is 4.45. The fourth-order valence-corrected chi connectivity index (χ4v) is 5.72. The number of rotatable bonds is 8. The van der Waals surface area contributed by atoms with Crippen LogP contribution in [0.3, 0.4) is 0 Å². The van der Waals surface area contributed by atoms with Crippen molar-refractivity contribution in [2.45, 2.75) is 45.3 Å². The highest BCUT2D eigenvalue weighted by atomic mass is 35.5. The SMILES string of the molecule is C[C@H](C(=O)NCc1ccccc1CN1CCCCC1)N(c1cc(Cl)cc(Cl)c1)S(C)(=O)=O. The number of benzene rings is 2. The minimum absolute atomic E-state index is 0.248. The first kappa shape index (κ1) is 24.8. The van der Waals surface area contributed by atoms with Crippen LogP contribution in [0.25, 0.3) is 0 Å². The Balaban J connectivity index is 1.73. The Labute approximate surface area is 200 Å². The summed E-state index contributed by atoms with van der Waals surface area (Å²) in [5.74, 6) is -0.403. The third-order valence-electron chi connectivity index (χ3n) is 5.60. The van der Waals surface area contributed by atoms with Crippen LogP contribution >= 0.6 is 23.2 Å². The molecule has 0 saturated carbocycles. The zero-order valence-electron chi connectivity index (χ0n) is 18.4. The topological polar surface area (TPSA) is 69.7 Å². The van der Waals surface area contributed by atoms with Crippen LogP contribution in [0.4, 0.5) is 5.69 Å². The summed E-state index contributed by atoms with van der Waals surface area (Å²) < 4.78 is 26.1. The van der Waals surface area contributed by atoms with Gasteiger partial charge in [0, 0.05) is 23.1 Å². The van der Waals surface area contributed by atoms with Gasteiger partial charge in [-0.3, -0.25) is 14.0 Å². The molecule has 1 fully saturated rings. The van der Waals surface area contributed by atoms with Crippen LogP contribution in [0.2, 0.25) is 10.0 Å². The lowest BCUT2D eigenvalue weighted by Gasteiger charge is -2.29. The number of anilines is 1. The van der Waals surface area contributed by atoms with Crippen LogP contribution in [0.15, 0.2) is 42.5 Å². The Morgan fingerprint density at radius 2 is 1.66 bits per heavy atom. The van der Waals surface area contributed by atoms with Crippen LogP contribution in [0, 0.1) is 0 Å². The second-order valence-electron chi connectivity index (χ2n) is 8.19. The van der Waals surface area contributed by atoms with E-state index in [1.165, 1.54) is 43.0 Å². The number of hydrogen-bond acceptors (Lipinski definition) is 4. The highest BCUT2D eigenvalue weighted by Gasteiger charge is 2.29. The Morgan fingerprint density at radius 3 is 2.25 bits per heavy atom. The first-order chi connectivity index (χ1) is 15.1. The molecule has 1 atom stereocenters. The molecule has 3 rings (SSSR count). The first-order valence-corrected chi connectivity index (χ1v) is 13.3. The number of sulfonamides is 1. The quantitative estimate of drug-likeness (QED) is 0.584. The molecule has 32 heavy (non-hydrogen) atoms. The van der Waals surface area contributed by atoms with E-state index < -0.39 is 22.0 Å². The molecular formula is C23H29Cl2N3O3S. The smallest absolute Gasteiger partial charge is 0.243 e. The van der Waals surface area contributed by atoms with Gasteiger partial charge in [0.1, 0.15) is 6.04 Å². The maximum Gasteiger partial charge on any atom is 0.243 e. The largest absolute Gasteiger partial charge is 0.350 e. The lowest BCUT2D eigenvalue weighted by molar-refractivity contribution is -0.122. The Morgan fingerprint density at radius 1 is 1.06 bits per heavy atom. The van der Waals surface area contributed by atoms with Crippen molar-refractivity contribution in [3.05, 3.63) is 63.6 Å². The summed E-state index contributed by atoms with van der Waals surface area (Å²) in [6.45, 7) is 4.89. The first-order valence-electron chi connectivity index (χ1n) is 10.7. The minimum atomic E-state index is -3.76. The van der Waals surface area contributed by atoms with Gasteiger partial charge in [0.2, 0.25) is 15.9 Å². The molecule has 0 unspecified atom stereocenters. The van der Waals surface area contributed by atoms with E-state index >= 15 is 0 Å². The maximum absolute atomic E-state index is 13.0. The summed E-state index contributed by atoms with van der Waals surface area (Å²) in [6, 6.07) is 11.5. The maximum atomic E-state index is 13.0. The van der Waals surface area contributed by atoms with E-state index in [2.05, 4.69) is 16.3 Å². The van der Waals surface area contributed by atoms with Gasteiger partial charge < -0.3 is 5.32 Å². The van der Waals surface area contributed by atoms with Crippen LogP contribution < -0.4 is 9.62 Å². The number of likely N-dealkylation sites (tertiary alicyclic amines) is 1. The monoisotopic (exact) mass is 497 g/mol. The molecule has 1 aliphatic heterocycles. The fraction of sp³-hybridized carbons (Fsp3) is 0.435. The number of carbonyl (C=O) groups is 1. The summed E-state index contributed by atoms with van der Waals surface area (Å²) >= 11 is 12.1. The number of hydrogen-bond donors (Lipinski definition) is 1. The molecule has 1 aliphatic rings. The average Bonchev–Trinajstić information content (AvgIpc) is 2.72. The lowest BCUT2D eigenvalue weighted by atomic mass is 10.0. The van der Waals surface area contributed by atoms with Crippen LogP contribution in [0.5, 0.6) is 0 Å². The third-order valence-corrected chi connectivity index (χ3v) is 7.28. The molecule has 0 bridgehead atoms. The van der Waals surface area contributed by atoms with Gasteiger partial charge >= 0.3 is 0 Å². The van der Waals surface area contributed by atoms with Crippen LogP contribution in [-0.4, -0.2) is 44.6 Å².